The standard InChI is InChI=1S/C23H28ClN3O4S/c1-17(2)12-13-25-22(29)23(3)16-26(32(30,31)20-10-5-4-6-11-20)15-21(28)27(23)19-9-7-8-18(24)14-19/h4-11,14,17H,12-13,15-16H2,1-3H3,(H,25,29)/t23-/m1/s1. The summed E-state index contributed by atoms with van der Waals surface area (Å²) in [6.45, 7) is 5.54. The molecule has 0 aromatic heterocycles. The van der Waals surface area contributed by atoms with E-state index < -0.39 is 27.4 Å². The molecule has 2 aromatic carbocycles. The minimum absolute atomic E-state index is 0.0755. The number of carbonyl (C=O) groups is 2. The Morgan fingerprint density at radius 1 is 1.16 bits per heavy atom. The lowest BCUT2D eigenvalue weighted by atomic mass is 9.94. The van der Waals surface area contributed by atoms with Crippen LogP contribution in [0.1, 0.15) is 27.2 Å². The molecule has 1 fully saturated rings. The van der Waals surface area contributed by atoms with Gasteiger partial charge in [-0.15, -0.1) is 0 Å². The molecule has 9 heteroatoms. The number of hydrogen-bond donors (Lipinski definition) is 1. The van der Waals surface area contributed by atoms with Crippen molar-refractivity contribution in [2.75, 3.05) is 24.5 Å². The second-order valence-corrected chi connectivity index (χ2v) is 10.9. The van der Waals surface area contributed by atoms with Gasteiger partial charge in [0.05, 0.1) is 11.4 Å². The molecule has 0 unspecified atom stereocenters. The number of piperazine rings is 1. The van der Waals surface area contributed by atoms with Crippen LogP contribution >= 0.6 is 11.6 Å². The highest BCUT2D eigenvalue weighted by atomic mass is 35.5. The highest BCUT2D eigenvalue weighted by Crippen LogP contribution is 2.33. The number of rotatable bonds is 7. The van der Waals surface area contributed by atoms with Crippen LogP contribution in [0.4, 0.5) is 5.69 Å². The molecule has 2 aromatic rings. The van der Waals surface area contributed by atoms with E-state index in [1.165, 1.54) is 17.0 Å². The zero-order chi connectivity index (χ0) is 23.5. The van der Waals surface area contributed by atoms with E-state index in [-0.39, 0.29) is 18.0 Å². The van der Waals surface area contributed by atoms with E-state index in [1.54, 1.807) is 49.4 Å². The molecule has 2 amide bonds. The molecule has 0 bridgehead atoms. The molecular weight excluding hydrogens is 450 g/mol. The van der Waals surface area contributed by atoms with Gasteiger partial charge >= 0.3 is 0 Å². The summed E-state index contributed by atoms with van der Waals surface area (Å²) in [5.41, 5.74) is -1.01. The van der Waals surface area contributed by atoms with Crippen molar-refractivity contribution in [3.05, 3.63) is 59.6 Å². The van der Waals surface area contributed by atoms with Gasteiger partial charge in [-0.2, -0.15) is 4.31 Å². The summed E-state index contributed by atoms with van der Waals surface area (Å²) in [5, 5.41) is 3.30. The van der Waals surface area contributed by atoms with Crippen molar-refractivity contribution in [3.8, 4) is 0 Å². The lowest BCUT2D eigenvalue weighted by Crippen LogP contribution is -2.70. The first-order chi connectivity index (χ1) is 15.1. The molecule has 1 saturated heterocycles. The number of nitrogens with one attached hydrogen (secondary N) is 1. The van der Waals surface area contributed by atoms with E-state index in [0.717, 1.165) is 10.7 Å². The highest BCUT2D eigenvalue weighted by molar-refractivity contribution is 7.89. The molecule has 0 saturated carbocycles. The van der Waals surface area contributed by atoms with Crippen LogP contribution in [0.15, 0.2) is 59.5 Å². The summed E-state index contributed by atoms with van der Waals surface area (Å²) >= 11 is 6.14. The fraction of sp³-hybridized carbons (Fsp3) is 0.391. The van der Waals surface area contributed by atoms with Gasteiger partial charge < -0.3 is 5.32 Å². The third-order valence-electron chi connectivity index (χ3n) is 5.48. The molecule has 1 atom stereocenters. The predicted molar refractivity (Wildman–Crippen MR) is 125 cm³/mol. The number of amides is 2. The quantitative estimate of drug-likeness (QED) is 0.662. The molecule has 1 aliphatic heterocycles. The van der Waals surface area contributed by atoms with Gasteiger partial charge in [0.1, 0.15) is 5.54 Å². The number of anilines is 1. The van der Waals surface area contributed by atoms with E-state index in [1.807, 2.05) is 13.8 Å². The van der Waals surface area contributed by atoms with E-state index in [9.17, 15) is 18.0 Å². The first-order valence-electron chi connectivity index (χ1n) is 10.5. The molecular formula is C23H28ClN3O4S. The highest BCUT2D eigenvalue weighted by Gasteiger charge is 2.51. The Hall–Kier alpha value is -2.42. The summed E-state index contributed by atoms with van der Waals surface area (Å²) in [5.74, 6) is -0.533. The Morgan fingerprint density at radius 3 is 2.47 bits per heavy atom. The number of halogens is 1. The maximum Gasteiger partial charge on any atom is 0.247 e. The van der Waals surface area contributed by atoms with Crippen molar-refractivity contribution in [3.63, 3.8) is 0 Å². The van der Waals surface area contributed by atoms with Gasteiger partial charge in [-0.3, -0.25) is 14.5 Å². The van der Waals surface area contributed by atoms with Gasteiger partial charge in [0, 0.05) is 23.8 Å². The third-order valence-corrected chi connectivity index (χ3v) is 7.52. The van der Waals surface area contributed by atoms with E-state index in [2.05, 4.69) is 5.32 Å². The Morgan fingerprint density at radius 2 is 1.84 bits per heavy atom. The minimum Gasteiger partial charge on any atom is -0.354 e. The lowest BCUT2D eigenvalue weighted by molar-refractivity contribution is -0.132. The normalized spacial score (nSPS) is 19.9. The maximum atomic E-state index is 13.4. The number of carbonyl (C=O) groups excluding carboxylic acids is 2. The SMILES string of the molecule is CC(C)CCNC(=O)[C@@]1(C)CN(S(=O)(=O)c2ccccc2)CC(=O)N1c1cccc(Cl)c1. The number of nitrogens with zero attached hydrogens (tertiary/aromatic N) is 2. The molecule has 7 nitrogen and oxygen atoms in total. The largest absolute Gasteiger partial charge is 0.354 e. The third kappa shape index (κ3) is 4.98. The number of hydrogen-bond acceptors (Lipinski definition) is 4. The van der Waals surface area contributed by atoms with Crippen molar-refractivity contribution in [1.29, 1.82) is 0 Å². The number of benzene rings is 2. The maximum absolute atomic E-state index is 13.4. The van der Waals surface area contributed by atoms with Crippen molar-refractivity contribution in [2.24, 2.45) is 5.92 Å². The average Bonchev–Trinajstić information content (AvgIpc) is 2.73. The Balaban J connectivity index is 2.01. The van der Waals surface area contributed by atoms with Crippen LogP contribution in [0.5, 0.6) is 0 Å². The fourth-order valence-electron chi connectivity index (χ4n) is 3.76. The minimum atomic E-state index is -3.97. The van der Waals surface area contributed by atoms with Gasteiger partial charge in [-0.1, -0.05) is 49.7 Å². The molecule has 0 aliphatic carbocycles. The molecule has 32 heavy (non-hydrogen) atoms. The molecule has 1 heterocycles. The first kappa shape index (κ1) is 24.2. The Bertz CT molecular complexity index is 1090. The lowest BCUT2D eigenvalue weighted by Gasteiger charge is -2.46. The summed E-state index contributed by atoms with van der Waals surface area (Å²) < 4.78 is 27.6. The van der Waals surface area contributed by atoms with Crippen molar-refractivity contribution < 1.29 is 18.0 Å². The van der Waals surface area contributed by atoms with Crippen LogP contribution in [0.25, 0.3) is 0 Å². The van der Waals surface area contributed by atoms with Crippen LogP contribution in [0.2, 0.25) is 5.02 Å². The zero-order valence-electron chi connectivity index (χ0n) is 18.4. The Kier molecular flexibility index (Phi) is 7.27. The summed E-state index contributed by atoms with van der Waals surface area (Å²) in [4.78, 5) is 28.1. The molecule has 172 valence electrons. The molecule has 3 rings (SSSR count). The molecule has 1 aliphatic rings. The predicted octanol–water partition coefficient (Wildman–Crippen LogP) is 3.30. The summed E-state index contributed by atoms with van der Waals surface area (Å²) in [7, 11) is -3.97. The van der Waals surface area contributed by atoms with E-state index in [0.29, 0.717) is 23.2 Å². The van der Waals surface area contributed by atoms with Crippen molar-refractivity contribution in [1.82, 2.24) is 9.62 Å². The topological polar surface area (TPSA) is 86.8 Å². The number of sulfonamides is 1. The zero-order valence-corrected chi connectivity index (χ0v) is 20.0. The average molecular weight is 478 g/mol. The van der Waals surface area contributed by atoms with Gasteiger partial charge in [0.15, 0.2) is 0 Å². The summed E-state index contributed by atoms with van der Waals surface area (Å²) in [6, 6.07) is 14.6. The van der Waals surface area contributed by atoms with Gasteiger partial charge in [-0.25, -0.2) is 8.42 Å². The molecule has 1 N–H and O–H groups in total. The van der Waals surface area contributed by atoms with Crippen LogP contribution in [-0.4, -0.2) is 49.7 Å². The summed E-state index contributed by atoms with van der Waals surface area (Å²) in [6.07, 6.45) is 0.763. The Labute approximate surface area is 194 Å². The van der Waals surface area contributed by atoms with E-state index in [4.69, 9.17) is 11.6 Å². The smallest absolute Gasteiger partial charge is 0.247 e. The molecule has 0 radical (unpaired) electrons. The second kappa shape index (κ2) is 9.60. The van der Waals surface area contributed by atoms with Crippen LogP contribution < -0.4 is 10.2 Å². The monoisotopic (exact) mass is 477 g/mol. The van der Waals surface area contributed by atoms with Gasteiger partial charge in [-0.05, 0) is 49.6 Å². The van der Waals surface area contributed by atoms with Crippen molar-refractivity contribution in [2.45, 2.75) is 37.6 Å². The van der Waals surface area contributed by atoms with Gasteiger partial charge in [0.2, 0.25) is 21.8 Å². The van der Waals surface area contributed by atoms with Crippen molar-refractivity contribution >= 4 is 39.1 Å². The fourth-order valence-corrected chi connectivity index (χ4v) is 5.45. The van der Waals surface area contributed by atoms with E-state index >= 15 is 0 Å². The van der Waals surface area contributed by atoms with Crippen LogP contribution in [0.3, 0.4) is 0 Å². The van der Waals surface area contributed by atoms with Gasteiger partial charge in [0.25, 0.3) is 0 Å². The first-order valence-corrected chi connectivity index (χ1v) is 12.3. The van der Waals surface area contributed by atoms with Crippen LogP contribution in [-0.2, 0) is 19.6 Å². The molecule has 0 spiro atoms. The second-order valence-electron chi connectivity index (χ2n) is 8.51. The van der Waals surface area contributed by atoms with Crippen LogP contribution in [0, 0.1) is 5.92 Å².